The third-order valence-electron chi connectivity index (χ3n) is 5.53. The minimum Gasteiger partial charge on any atom is -0.457 e. The molecule has 1 aliphatic rings. The van der Waals surface area contributed by atoms with Gasteiger partial charge in [0.05, 0.1) is 28.0 Å². The maximum absolute atomic E-state index is 13.2. The van der Waals surface area contributed by atoms with Gasteiger partial charge in [-0.15, -0.1) is 11.3 Å². The highest BCUT2D eigenvalue weighted by atomic mass is 32.1. The van der Waals surface area contributed by atoms with Crippen molar-refractivity contribution in [3.63, 3.8) is 0 Å². The van der Waals surface area contributed by atoms with Gasteiger partial charge in [-0.2, -0.15) is 0 Å². The average Bonchev–Trinajstić information content (AvgIpc) is 3.47. The highest BCUT2D eigenvalue weighted by Crippen LogP contribution is 2.38. The normalized spacial score (nSPS) is 14.4. The van der Waals surface area contributed by atoms with Gasteiger partial charge in [-0.05, 0) is 61.4 Å². The summed E-state index contributed by atoms with van der Waals surface area (Å²) in [6, 6.07) is 11.9. The maximum Gasteiger partial charge on any atom is 0.339 e. The first kappa shape index (κ1) is 18.8. The largest absolute Gasteiger partial charge is 0.457 e. The lowest BCUT2D eigenvalue weighted by molar-refractivity contribution is 0.0472. The fraction of sp³-hybridized carbons (Fsp3) is 0.208. The highest BCUT2D eigenvalue weighted by Gasteiger charge is 2.28. The van der Waals surface area contributed by atoms with Crippen LogP contribution < -0.4 is 0 Å². The van der Waals surface area contributed by atoms with Gasteiger partial charge in [-0.1, -0.05) is 29.4 Å². The molecule has 0 saturated carbocycles. The number of hydrogen-bond donors (Lipinski definition) is 0. The van der Waals surface area contributed by atoms with E-state index in [0.717, 1.165) is 51.8 Å². The van der Waals surface area contributed by atoms with Crippen LogP contribution in [0.2, 0.25) is 0 Å². The fourth-order valence-corrected chi connectivity index (χ4v) is 4.66. The Morgan fingerprint density at radius 1 is 1.20 bits per heavy atom. The molecule has 1 aliphatic carbocycles. The minimum absolute atomic E-state index is 0.142. The zero-order valence-corrected chi connectivity index (χ0v) is 17.6. The molecule has 0 atom stereocenters. The van der Waals surface area contributed by atoms with Crippen molar-refractivity contribution >= 4 is 39.9 Å². The molecule has 0 saturated heterocycles. The molecule has 1 aromatic carbocycles. The second kappa shape index (κ2) is 7.54. The minimum atomic E-state index is -0.331. The van der Waals surface area contributed by atoms with Crippen LogP contribution in [0, 0.1) is 13.8 Å². The Balaban J connectivity index is 1.57. The molecule has 5 nitrogen and oxygen atoms in total. The lowest BCUT2D eigenvalue weighted by atomic mass is 10.0. The predicted molar refractivity (Wildman–Crippen MR) is 117 cm³/mol. The van der Waals surface area contributed by atoms with Crippen molar-refractivity contribution in [2.24, 2.45) is 0 Å². The summed E-state index contributed by atoms with van der Waals surface area (Å²) in [6.45, 7) is 3.81. The van der Waals surface area contributed by atoms with E-state index in [9.17, 15) is 4.79 Å². The van der Waals surface area contributed by atoms with Crippen LogP contribution in [0.5, 0.6) is 0 Å². The van der Waals surface area contributed by atoms with Gasteiger partial charge in [0, 0.05) is 10.3 Å². The number of rotatable bonds is 4. The molecular formula is C24H20N2O3S. The summed E-state index contributed by atoms with van der Waals surface area (Å²) in [5.41, 5.74) is 6.03. The Kier molecular flexibility index (Phi) is 4.71. The summed E-state index contributed by atoms with van der Waals surface area (Å²) in [7, 11) is 0. The van der Waals surface area contributed by atoms with Crippen LogP contribution in [-0.2, 0) is 17.8 Å². The van der Waals surface area contributed by atoms with Crippen molar-refractivity contribution in [2.45, 2.75) is 33.3 Å². The van der Waals surface area contributed by atoms with Crippen LogP contribution in [0.1, 0.15) is 49.9 Å². The number of allylic oxidation sites excluding steroid dienone is 1. The summed E-state index contributed by atoms with van der Waals surface area (Å²) < 4.78 is 10.9. The summed E-state index contributed by atoms with van der Waals surface area (Å²) in [4.78, 5) is 19.3. The molecule has 4 aromatic rings. The van der Waals surface area contributed by atoms with E-state index in [4.69, 9.17) is 14.2 Å². The molecule has 0 bridgehead atoms. The van der Waals surface area contributed by atoms with E-state index in [1.807, 2.05) is 44.2 Å². The number of hydrogen-bond acceptors (Lipinski definition) is 6. The average molecular weight is 417 g/mol. The van der Waals surface area contributed by atoms with Crippen molar-refractivity contribution in [3.05, 3.63) is 80.5 Å². The fourth-order valence-electron chi connectivity index (χ4n) is 3.98. The standard InChI is InChI=1S/C24H20N2O3S/c1-14-20(15(2)29-26-14)13-28-24(27)22-18-7-3-4-8-21(18)25-23-16(9-10-19(22)23)12-17-6-5-11-30-17/h3-8,11-12H,9-10,13H2,1-2H3/b16-12+. The number of para-hydroxylation sites is 1. The van der Waals surface area contributed by atoms with Gasteiger partial charge in [0.25, 0.3) is 0 Å². The summed E-state index contributed by atoms with van der Waals surface area (Å²) >= 11 is 1.70. The second-order valence-electron chi connectivity index (χ2n) is 7.39. The van der Waals surface area contributed by atoms with Crippen LogP contribution in [0.4, 0.5) is 0 Å². The lowest BCUT2D eigenvalue weighted by Crippen LogP contribution is -2.11. The zero-order valence-electron chi connectivity index (χ0n) is 16.8. The Bertz CT molecular complexity index is 1270. The van der Waals surface area contributed by atoms with E-state index in [1.54, 1.807) is 11.3 Å². The lowest BCUT2D eigenvalue weighted by Gasteiger charge is -2.12. The van der Waals surface area contributed by atoms with Crippen molar-refractivity contribution < 1.29 is 14.1 Å². The van der Waals surface area contributed by atoms with E-state index >= 15 is 0 Å². The molecule has 0 radical (unpaired) electrons. The Morgan fingerprint density at radius 2 is 2.07 bits per heavy atom. The first-order chi connectivity index (χ1) is 14.6. The Labute approximate surface area is 178 Å². The molecule has 0 amide bonds. The number of aromatic nitrogens is 2. The van der Waals surface area contributed by atoms with Crippen LogP contribution in [0.3, 0.4) is 0 Å². The van der Waals surface area contributed by atoms with Gasteiger partial charge < -0.3 is 9.26 Å². The van der Waals surface area contributed by atoms with Crippen molar-refractivity contribution in [3.8, 4) is 0 Å². The molecule has 0 aliphatic heterocycles. The summed E-state index contributed by atoms with van der Waals surface area (Å²) in [5.74, 6) is 0.341. The van der Waals surface area contributed by atoms with E-state index in [-0.39, 0.29) is 12.6 Å². The number of aryl methyl sites for hydroxylation is 2. The first-order valence-corrected chi connectivity index (χ1v) is 10.7. The maximum atomic E-state index is 13.2. The molecule has 0 spiro atoms. The van der Waals surface area contributed by atoms with E-state index in [1.165, 1.54) is 4.88 Å². The zero-order chi connectivity index (χ0) is 20.7. The number of nitrogens with zero attached hydrogens (tertiary/aromatic N) is 2. The number of esters is 1. The first-order valence-electron chi connectivity index (χ1n) is 9.86. The molecule has 6 heteroatoms. The molecule has 150 valence electrons. The molecule has 3 aromatic heterocycles. The molecular weight excluding hydrogens is 396 g/mol. The van der Waals surface area contributed by atoms with Gasteiger partial charge in [0.15, 0.2) is 0 Å². The van der Waals surface area contributed by atoms with E-state index < -0.39 is 0 Å². The molecule has 0 unspecified atom stereocenters. The van der Waals surface area contributed by atoms with E-state index in [0.29, 0.717) is 11.3 Å². The topological polar surface area (TPSA) is 65.2 Å². The van der Waals surface area contributed by atoms with Crippen molar-refractivity contribution in [1.82, 2.24) is 10.1 Å². The third-order valence-corrected chi connectivity index (χ3v) is 6.35. The van der Waals surface area contributed by atoms with Gasteiger partial charge in [0.1, 0.15) is 12.4 Å². The second-order valence-corrected chi connectivity index (χ2v) is 8.37. The van der Waals surface area contributed by atoms with Crippen LogP contribution in [0.15, 0.2) is 46.3 Å². The van der Waals surface area contributed by atoms with Crippen molar-refractivity contribution in [2.75, 3.05) is 0 Å². The number of benzene rings is 1. The Hall–Kier alpha value is -3.25. The highest BCUT2D eigenvalue weighted by molar-refractivity contribution is 7.10. The number of thiophene rings is 1. The van der Waals surface area contributed by atoms with Gasteiger partial charge in [-0.25, -0.2) is 9.78 Å². The van der Waals surface area contributed by atoms with Crippen LogP contribution >= 0.6 is 11.3 Å². The van der Waals surface area contributed by atoms with Crippen molar-refractivity contribution in [1.29, 1.82) is 0 Å². The molecule has 3 heterocycles. The van der Waals surface area contributed by atoms with Crippen LogP contribution in [-0.4, -0.2) is 16.1 Å². The van der Waals surface area contributed by atoms with E-state index in [2.05, 4.69) is 22.7 Å². The smallest absolute Gasteiger partial charge is 0.339 e. The summed E-state index contributed by atoms with van der Waals surface area (Å²) in [5, 5.41) is 6.83. The van der Waals surface area contributed by atoms with Gasteiger partial charge in [-0.3, -0.25) is 0 Å². The molecule has 5 rings (SSSR count). The quantitative estimate of drug-likeness (QED) is 0.397. The monoisotopic (exact) mass is 416 g/mol. The van der Waals surface area contributed by atoms with Crippen LogP contribution in [0.25, 0.3) is 22.6 Å². The predicted octanol–water partition coefficient (Wildman–Crippen LogP) is 5.74. The number of carbonyl (C=O) groups is 1. The number of carbonyl (C=O) groups excluding carboxylic acids is 1. The summed E-state index contributed by atoms with van der Waals surface area (Å²) in [6.07, 6.45) is 3.82. The number of ether oxygens (including phenoxy) is 1. The third kappa shape index (κ3) is 3.23. The van der Waals surface area contributed by atoms with Gasteiger partial charge in [0.2, 0.25) is 0 Å². The van der Waals surface area contributed by atoms with Gasteiger partial charge >= 0.3 is 5.97 Å². The molecule has 0 N–H and O–H groups in total. The molecule has 0 fully saturated rings. The molecule has 30 heavy (non-hydrogen) atoms. The number of fused-ring (bicyclic) bond motifs is 2. The Morgan fingerprint density at radius 3 is 2.83 bits per heavy atom. The SMILES string of the molecule is Cc1noc(C)c1COC(=O)c1c2c(nc3ccccc13)/C(=C/c1cccs1)CC2. The number of pyridine rings is 1.